The maximum atomic E-state index is 13.1. The minimum absolute atomic E-state index is 0.0950. The molecule has 188 valence electrons. The van der Waals surface area contributed by atoms with Crippen LogP contribution in [-0.2, 0) is 4.74 Å². The molecule has 2 aromatic heterocycles. The number of fused-ring (bicyclic) bond motifs is 3. The highest BCUT2D eigenvalue weighted by Crippen LogP contribution is 2.25. The molecule has 2 heterocycles. The summed E-state index contributed by atoms with van der Waals surface area (Å²) in [5.74, 6) is 1.21. The Kier molecular flexibility index (Phi) is 7.11. The van der Waals surface area contributed by atoms with Crippen LogP contribution in [0.15, 0.2) is 71.5 Å². The molecule has 0 saturated carbocycles. The van der Waals surface area contributed by atoms with Gasteiger partial charge in [-0.2, -0.15) is 0 Å². The standard InChI is InChI=1S/C27H23N3O6S/c1-18-5-4-6-21(15-18)35-13-11-34-12-14-36-24-10-9-20(30(32)33)16-19(24)17-25-26(31)29-23-8-3-2-7-22(23)28-27(29)37-25/h2-10,15-17H,11-14H2,1H3/b25-17+. The van der Waals surface area contributed by atoms with Crippen LogP contribution < -0.4 is 19.6 Å². The van der Waals surface area contributed by atoms with Gasteiger partial charge in [0.1, 0.15) is 24.7 Å². The van der Waals surface area contributed by atoms with Gasteiger partial charge in [0.2, 0.25) is 0 Å². The lowest BCUT2D eigenvalue weighted by Crippen LogP contribution is -2.22. The second-order valence-corrected chi connectivity index (χ2v) is 9.25. The summed E-state index contributed by atoms with van der Waals surface area (Å²) in [7, 11) is 0. The van der Waals surface area contributed by atoms with Crippen molar-refractivity contribution in [1.29, 1.82) is 0 Å². The topological polar surface area (TPSA) is 105 Å². The summed E-state index contributed by atoms with van der Waals surface area (Å²) in [6.07, 6.45) is 1.61. The number of nitro groups is 1. The first-order chi connectivity index (χ1) is 18.0. The summed E-state index contributed by atoms with van der Waals surface area (Å²) in [5.41, 5.74) is 2.68. The molecule has 0 unspecified atom stereocenters. The van der Waals surface area contributed by atoms with Crippen LogP contribution in [0.1, 0.15) is 11.1 Å². The van der Waals surface area contributed by atoms with E-state index in [2.05, 4.69) is 4.98 Å². The van der Waals surface area contributed by atoms with Crippen molar-refractivity contribution in [2.75, 3.05) is 26.4 Å². The molecule has 37 heavy (non-hydrogen) atoms. The highest BCUT2D eigenvalue weighted by atomic mass is 32.1. The third-order valence-corrected chi connectivity index (χ3v) is 6.58. The first kappa shape index (κ1) is 24.4. The molecular weight excluding hydrogens is 494 g/mol. The molecule has 0 fully saturated rings. The number of hydrogen-bond acceptors (Lipinski definition) is 8. The Bertz CT molecular complexity index is 1690. The van der Waals surface area contributed by atoms with Crippen molar-refractivity contribution < 1.29 is 19.1 Å². The van der Waals surface area contributed by atoms with Gasteiger partial charge in [-0.05, 0) is 48.9 Å². The number of aryl methyl sites for hydroxylation is 1. The van der Waals surface area contributed by atoms with E-state index < -0.39 is 4.92 Å². The molecule has 0 bridgehead atoms. The molecule has 0 aliphatic carbocycles. The largest absolute Gasteiger partial charge is 0.491 e. The number of para-hydroxylation sites is 2. The first-order valence-corrected chi connectivity index (χ1v) is 12.4. The molecule has 0 aliphatic rings. The number of thiazole rings is 1. The fraction of sp³-hybridized carbons (Fsp3) is 0.185. The molecular formula is C27H23N3O6S. The number of benzene rings is 3. The van der Waals surface area contributed by atoms with Gasteiger partial charge in [-0.15, -0.1) is 0 Å². The Morgan fingerprint density at radius 1 is 1.00 bits per heavy atom. The number of ether oxygens (including phenoxy) is 3. The summed E-state index contributed by atoms with van der Waals surface area (Å²) in [5, 5.41) is 11.4. The van der Waals surface area contributed by atoms with E-state index in [0.717, 1.165) is 22.3 Å². The van der Waals surface area contributed by atoms with Gasteiger partial charge < -0.3 is 14.2 Å². The number of nitrogens with zero attached hydrogens (tertiary/aromatic N) is 3. The van der Waals surface area contributed by atoms with Gasteiger partial charge in [-0.25, -0.2) is 9.38 Å². The van der Waals surface area contributed by atoms with Crippen LogP contribution in [0.25, 0.3) is 22.1 Å². The Morgan fingerprint density at radius 2 is 1.81 bits per heavy atom. The first-order valence-electron chi connectivity index (χ1n) is 11.6. The fourth-order valence-corrected chi connectivity index (χ4v) is 4.86. The van der Waals surface area contributed by atoms with Crippen molar-refractivity contribution in [1.82, 2.24) is 9.38 Å². The van der Waals surface area contributed by atoms with Crippen molar-refractivity contribution >= 4 is 39.1 Å². The molecule has 3 aromatic carbocycles. The molecule has 5 rings (SSSR count). The van der Waals surface area contributed by atoms with E-state index in [4.69, 9.17) is 14.2 Å². The zero-order valence-electron chi connectivity index (χ0n) is 20.0. The van der Waals surface area contributed by atoms with Crippen molar-refractivity contribution in [3.05, 3.63) is 103 Å². The molecule has 0 atom stereocenters. The fourth-order valence-electron chi connectivity index (χ4n) is 3.88. The molecule has 9 nitrogen and oxygen atoms in total. The van der Waals surface area contributed by atoms with Gasteiger partial charge in [0.15, 0.2) is 4.96 Å². The van der Waals surface area contributed by atoms with Crippen LogP contribution >= 0.6 is 11.3 Å². The van der Waals surface area contributed by atoms with E-state index >= 15 is 0 Å². The minimum Gasteiger partial charge on any atom is -0.491 e. The second-order valence-electron chi connectivity index (χ2n) is 8.24. The molecule has 0 N–H and O–H groups in total. The van der Waals surface area contributed by atoms with Crippen LogP contribution in [0.2, 0.25) is 0 Å². The smallest absolute Gasteiger partial charge is 0.274 e. The van der Waals surface area contributed by atoms with Crippen LogP contribution in [-0.4, -0.2) is 40.7 Å². The molecule has 0 saturated heterocycles. The lowest BCUT2D eigenvalue weighted by atomic mass is 10.1. The SMILES string of the molecule is Cc1cccc(OCCOCCOc2ccc([N+](=O)[O-])cc2/C=c2/sc3nc4ccccc4n3c2=O)c1. The Balaban J connectivity index is 1.28. The van der Waals surface area contributed by atoms with E-state index in [-0.39, 0.29) is 17.9 Å². The zero-order valence-corrected chi connectivity index (χ0v) is 20.8. The van der Waals surface area contributed by atoms with Gasteiger partial charge in [0.25, 0.3) is 11.2 Å². The Morgan fingerprint density at radius 3 is 2.62 bits per heavy atom. The molecule has 0 spiro atoms. The van der Waals surface area contributed by atoms with Gasteiger partial charge in [0.05, 0.1) is 33.7 Å². The van der Waals surface area contributed by atoms with E-state index in [1.807, 2.05) is 55.5 Å². The van der Waals surface area contributed by atoms with E-state index in [0.29, 0.717) is 40.6 Å². The van der Waals surface area contributed by atoms with Crippen molar-refractivity contribution in [2.24, 2.45) is 0 Å². The van der Waals surface area contributed by atoms with Gasteiger partial charge in [-0.1, -0.05) is 35.6 Å². The lowest BCUT2D eigenvalue weighted by molar-refractivity contribution is -0.384. The number of non-ortho nitro benzene ring substituents is 1. The number of imidazole rings is 1. The molecule has 0 aliphatic heterocycles. The number of nitro benzene ring substituents is 1. The van der Waals surface area contributed by atoms with Crippen LogP contribution in [0.4, 0.5) is 5.69 Å². The van der Waals surface area contributed by atoms with E-state index in [1.54, 1.807) is 10.5 Å². The van der Waals surface area contributed by atoms with Crippen molar-refractivity contribution in [3.8, 4) is 11.5 Å². The molecule has 10 heteroatoms. The zero-order chi connectivity index (χ0) is 25.8. The van der Waals surface area contributed by atoms with Gasteiger partial charge in [0, 0.05) is 17.7 Å². The predicted octanol–water partition coefficient (Wildman–Crippen LogP) is 4.15. The van der Waals surface area contributed by atoms with Crippen molar-refractivity contribution in [3.63, 3.8) is 0 Å². The van der Waals surface area contributed by atoms with Crippen LogP contribution in [0, 0.1) is 17.0 Å². The predicted molar refractivity (Wildman–Crippen MR) is 142 cm³/mol. The number of aromatic nitrogens is 2. The monoisotopic (exact) mass is 517 g/mol. The van der Waals surface area contributed by atoms with E-state index in [1.165, 1.54) is 29.5 Å². The molecule has 0 radical (unpaired) electrons. The summed E-state index contributed by atoms with van der Waals surface area (Å²) in [4.78, 5) is 29.1. The maximum absolute atomic E-state index is 13.1. The highest BCUT2D eigenvalue weighted by Gasteiger charge is 2.14. The third kappa shape index (κ3) is 5.45. The van der Waals surface area contributed by atoms with Gasteiger partial charge in [-0.3, -0.25) is 14.9 Å². The second kappa shape index (κ2) is 10.8. The summed E-state index contributed by atoms with van der Waals surface area (Å²) in [6, 6.07) is 19.5. The number of rotatable bonds is 10. The minimum atomic E-state index is -0.481. The van der Waals surface area contributed by atoms with Crippen LogP contribution in [0.5, 0.6) is 11.5 Å². The highest BCUT2D eigenvalue weighted by molar-refractivity contribution is 7.15. The Labute approximate surface area is 215 Å². The Hall–Kier alpha value is -4.28. The molecule has 0 amide bonds. The number of hydrogen-bond donors (Lipinski definition) is 0. The quantitative estimate of drug-likeness (QED) is 0.156. The summed E-state index contributed by atoms with van der Waals surface area (Å²) < 4.78 is 19.1. The van der Waals surface area contributed by atoms with Crippen LogP contribution in [0.3, 0.4) is 0 Å². The average molecular weight is 518 g/mol. The summed E-state index contributed by atoms with van der Waals surface area (Å²) >= 11 is 1.22. The van der Waals surface area contributed by atoms with E-state index in [9.17, 15) is 14.9 Å². The van der Waals surface area contributed by atoms with Crippen molar-refractivity contribution in [2.45, 2.75) is 6.92 Å². The maximum Gasteiger partial charge on any atom is 0.274 e. The summed E-state index contributed by atoms with van der Waals surface area (Å²) in [6.45, 7) is 3.33. The van der Waals surface area contributed by atoms with Gasteiger partial charge >= 0.3 is 0 Å². The average Bonchev–Trinajstić information content (AvgIpc) is 3.40. The lowest BCUT2D eigenvalue weighted by Gasteiger charge is -2.10. The third-order valence-electron chi connectivity index (χ3n) is 5.61. The normalized spacial score (nSPS) is 11.9. The molecule has 5 aromatic rings.